The van der Waals surface area contributed by atoms with Crippen LogP contribution in [0.3, 0.4) is 0 Å². The van der Waals surface area contributed by atoms with E-state index in [1.54, 1.807) is 0 Å². The van der Waals surface area contributed by atoms with Crippen molar-refractivity contribution in [2.24, 2.45) is 4.99 Å². The Hall–Kier alpha value is -1.55. The number of rotatable bonds is 3. The maximum Gasteiger partial charge on any atom is 0.194 e. The summed E-state index contributed by atoms with van der Waals surface area (Å²) in [6.07, 6.45) is 0. The number of aliphatic imine (C=N–C) groups is 1. The van der Waals surface area contributed by atoms with Crippen molar-refractivity contribution >= 4 is 33.7 Å². The summed E-state index contributed by atoms with van der Waals surface area (Å²) in [7, 11) is 0. The summed E-state index contributed by atoms with van der Waals surface area (Å²) < 4.78 is 0. The zero-order chi connectivity index (χ0) is 13.9. The van der Waals surface area contributed by atoms with E-state index in [0.717, 1.165) is 32.1 Å². The zero-order valence-corrected chi connectivity index (χ0v) is 14.3. The Morgan fingerprint density at radius 3 is 2.67 bits per heavy atom. The Morgan fingerprint density at radius 1 is 1.14 bits per heavy atom. The fraction of sp³-hybridized carbons (Fsp3) is 0.353. The van der Waals surface area contributed by atoms with Gasteiger partial charge in [-0.15, -0.1) is 17.0 Å². The molecule has 112 valence electrons. The second-order valence-electron chi connectivity index (χ2n) is 5.23. The highest BCUT2D eigenvalue weighted by Gasteiger charge is 2.14. The van der Waals surface area contributed by atoms with Crippen molar-refractivity contribution in [3.63, 3.8) is 0 Å². The molecule has 0 radical (unpaired) electrons. The first kappa shape index (κ1) is 15.8. The summed E-state index contributed by atoms with van der Waals surface area (Å²) in [4.78, 5) is 6.82. The molecule has 1 heterocycles. The van der Waals surface area contributed by atoms with Crippen LogP contribution >= 0.6 is 17.0 Å². The highest BCUT2D eigenvalue weighted by molar-refractivity contribution is 8.93. The van der Waals surface area contributed by atoms with Crippen LogP contribution in [0.1, 0.15) is 18.1 Å². The van der Waals surface area contributed by atoms with Gasteiger partial charge in [-0.3, -0.25) is 4.99 Å². The molecule has 1 aliphatic heterocycles. The summed E-state index contributed by atoms with van der Waals surface area (Å²) in [5.74, 6) is 1.04. The van der Waals surface area contributed by atoms with Crippen LogP contribution in [-0.4, -0.2) is 30.5 Å². The molecule has 0 amide bonds. The first-order chi connectivity index (χ1) is 9.79. The standard InChI is InChI=1S/C17H21N3.BrH/c1-3-20-11-10-18-17(20)19-12-14-9-8-13(2)15-6-4-5-7-16(14)15;/h4-9H,3,10-12H2,1-2H3,(H,18,19);1H. The van der Waals surface area contributed by atoms with Gasteiger partial charge in [0.15, 0.2) is 5.96 Å². The molecule has 1 aliphatic rings. The Balaban J connectivity index is 0.00000161. The van der Waals surface area contributed by atoms with Crippen LogP contribution in [-0.2, 0) is 6.54 Å². The third-order valence-electron chi connectivity index (χ3n) is 3.98. The van der Waals surface area contributed by atoms with Crippen LogP contribution in [0.25, 0.3) is 10.8 Å². The van der Waals surface area contributed by atoms with E-state index in [-0.39, 0.29) is 17.0 Å². The molecule has 0 aliphatic carbocycles. The number of guanidine groups is 1. The molecule has 0 bridgehead atoms. The molecule has 0 saturated heterocycles. The molecule has 0 spiro atoms. The zero-order valence-electron chi connectivity index (χ0n) is 12.6. The number of hydrogen-bond acceptors (Lipinski definition) is 3. The van der Waals surface area contributed by atoms with E-state index in [4.69, 9.17) is 0 Å². The number of nitrogens with zero attached hydrogens (tertiary/aromatic N) is 2. The lowest BCUT2D eigenvalue weighted by Crippen LogP contribution is -2.37. The predicted molar refractivity (Wildman–Crippen MR) is 95.4 cm³/mol. The molecule has 0 aromatic heterocycles. The third-order valence-corrected chi connectivity index (χ3v) is 3.98. The molecule has 0 saturated carbocycles. The predicted octanol–water partition coefficient (Wildman–Crippen LogP) is 3.51. The topological polar surface area (TPSA) is 27.6 Å². The molecule has 0 atom stereocenters. The SMILES string of the molecule is Br.CCN1CCN=C1NCc1ccc(C)c2ccccc12. The van der Waals surface area contributed by atoms with Crippen LogP contribution in [0.15, 0.2) is 41.4 Å². The number of benzene rings is 2. The van der Waals surface area contributed by atoms with E-state index < -0.39 is 0 Å². The lowest BCUT2D eigenvalue weighted by Gasteiger charge is -2.19. The van der Waals surface area contributed by atoms with Gasteiger partial charge in [-0.2, -0.15) is 0 Å². The van der Waals surface area contributed by atoms with E-state index >= 15 is 0 Å². The van der Waals surface area contributed by atoms with Gasteiger partial charge >= 0.3 is 0 Å². The van der Waals surface area contributed by atoms with E-state index in [1.807, 2.05) is 0 Å². The monoisotopic (exact) mass is 347 g/mol. The van der Waals surface area contributed by atoms with Gasteiger partial charge in [0, 0.05) is 19.6 Å². The maximum absolute atomic E-state index is 4.53. The summed E-state index contributed by atoms with van der Waals surface area (Å²) in [6, 6.07) is 13.0. The van der Waals surface area contributed by atoms with Crippen molar-refractivity contribution in [3.05, 3.63) is 47.5 Å². The average molecular weight is 348 g/mol. The maximum atomic E-state index is 4.53. The number of hydrogen-bond donors (Lipinski definition) is 1. The highest BCUT2D eigenvalue weighted by atomic mass is 79.9. The first-order valence-corrected chi connectivity index (χ1v) is 7.30. The number of aryl methyl sites for hydroxylation is 1. The van der Waals surface area contributed by atoms with E-state index in [2.05, 4.69) is 65.5 Å². The molecular weight excluding hydrogens is 326 g/mol. The molecule has 3 nitrogen and oxygen atoms in total. The van der Waals surface area contributed by atoms with Crippen LogP contribution in [0, 0.1) is 6.92 Å². The Bertz CT molecular complexity index is 652. The second-order valence-corrected chi connectivity index (χ2v) is 5.23. The Labute approximate surface area is 136 Å². The van der Waals surface area contributed by atoms with Gasteiger partial charge in [0.05, 0.1) is 6.54 Å². The Kier molecular flexibility index (Phi) is 5.23. The quantitative estimate of drug-likeness (QED) is 0.919. The largest absolute Gasteiger partial charge is 0.352 e. The smallest absolute Gasteiger partial charge is 0.194 e. The lowest BCUT2D eigenvalue weighted by molar-refractivity contribution is 0.466. The number of nitrogens with one attached hydrogen (secondary N) is 1. The van der Waals surface area contributed by atoms with E-state index in [0.29, 0.717) is 0 Å². The van der Waals surface area contributed by atoms with Gasteiger partial charge in [-0.25, -0.2) is 0 Å². The van der Waals surface area contributed by atoms with Gasteiger partial charge in [0.25, 0.3) is 0 Å². The fourth-order valence-corrected chi connectivity index (χ4v) is 2.80. The van der Waals surface area contributed by atoms with Gasteiger partial charge in [-0.05, 0) is 35.7 Å². The highest BCUT2D eigenvalue weighted by Crippen LogP contribution is 2.22. The van der Waals surface area contributed by atoms with Crippen molar-refractivity contribution in [1.29, 1.82) is 0 Å². The second kappa shape index (κ2) is 6.94. The fourth-order valence-electron chi connectivity index (χ4n) is 2.80. The summed E-state index contributed by atoms with van der Waals surface area (Å²) in [6.45, 7) is 8.12. The van der Waals surface area contributed by atoms with Gasteiger partial charge in [0.1, 0.15) is 0 Å². The van der Waals surface area contributed by atoms with Gasteiger partial charge in [0.2, 0.25) is 0 Å². The minimum atomic E-state index is 0. The van der Waals surface area contributed by atoms with Crippen molar-refractivity contribution in [3.8, 4) is 0 Å². The normalized spacial score (nSPS) is 14.0. The van der Waals surface area contributed by atoms with E-state index in [1.165, 1.54) is 21.9 Å². The number of likely N-dealkylation sites (N-methyl/N-ethyl adjacent to an activating group) is 1. The molecule has 21 heavy (non-hydrogen) atoms. The third kappa shape index (κ3) is 3.21. The van der Waals surface area contributed by atoms with E-state index in [9.17, 15) is 0 Å². The van der Waals surface area contributed by atoms with Crippen LogP contribution in [0.5, 0.6) is 0 Å². The summed E-state index contributed by atoms with van der Waals surface area (Å²) >= 11 is 0. The molecule has 1 N–H and O–H groups in total. The van der Waals surface area contributed by atoms with Crippen LogP contribution < -0.4 is 5.32 Å². The molecule has 0 fully saturated rings. The van der Waals surface area contributed by atoms with Crippen molar-refractivity contribution in [2.75, 3.05) is 19.6 Å². The van der Waals surface area contributed by atoms with Crippen molar-refractivity contribution < 1.29 is 0 Å². The number of halogens is 1. The van der Waals surface area contributed by atoms with Crippen molar-refractivity contribution in [1.82, 2.24) is 10.2 Å². The minimum absolute atomic E-state index is 0. The summed E-state index contributed by atoms with van der Waals surface area (Å²) in [5, 5.41) is 6.16. The molecule has 0 unspecified atom stereocenters. The first-order valence-electron chi connectivity index (χ1n) is 7.30. The van der Waals surface area contributed by atoms with Crippen molar-refractivity contribution in [2.45, 2.75) is 20.4 Å². The van der Waals surface area contributed by atoms with Crippen LogP contribution in [0.2, 0.25) is 0 Å². The lowest BCUT2D eigenvalue weighted by atomic mass is 10.0. The molecule has 4 heteroatoms. The molecule has 2 aromatic rings. The summed E-state index contributed by atoms with van der Waals surface area (Å²) in [5.41, 5.74) is 2.66. The van der Waals surface area contributed by atoms with Gasteiger partial charge < -0.3 is 10.2 Å². The molecular formula is C17H22BrN3. The Morgan fingerprint density at radius 2 is 1.90 bits per heavy atom. The number of fused-ring (bicyclic) bond motifs is 1. The molecule has 3 rings (SSSR count). The van der Waals surface area contributed by atoms with Crippen LogP contribution in [0.4, 0.5) is 0 Å². The molecule has 2 aromatic carbocycles. The average Bonchev–Trinajstić information content (AvgIpc) is 2.94. The minimum Gasteiger partial charge on any atom is -0.352 e. The van der Waals surface area contributed by atoms with Gasteiger partial charge in [-0.1, -0.05) is 36.4 Å².